The van der Waals surface area contributed by atoms with Crippen LogP contribution in [0.4, 0.5) is 4.79 Å². The molecule has 0 aliphatic carbocycles. The van der Waals surface area contributed by atoms with E-state index in [2.05, 4.69) is 4.99 Å². The Morgan fingerprint density at radius 3 is 2.88 bits per heavy atom. The lowest BCUT2D eigenvalue weighted by Gasteiger charge is -2.01. The molecule has 4 nitrogen and oxygen atoms in total. The standard InChI is InChI=1S/C12H12N2O2S/c1-2-16-12(15)13-11-14(8-9-17-11)10-6-4-3-5-7-10/h3-9H,2H2,1H3. The van der Waals surface area contributed by atoms with Crippen LogP contribution < -0.4 is 4.80 Å². The number of hydrogen-bond acceptors (Lipinski definition) is 3. The van der Waals surface area contributed by atoms with E-state index in [0.29, 0.717) is 11.4 Å². The molecule has 0 atom stereocenters. The highest BCUT2D eigenvalue weighted by molar-refractivity contribution is 7.07. The molecule has 2 aromatic rings. The average molecular weight is 248 g/mol. The summed E-state index contributed by atoms with van der Waals surface area (Å²) >= 11 is 1.39. The van der Waals surface area contributed by atoms with E-state index >= 15 is 0 Å². The molecular formula is C12H12N2O2S. The molecule has 17 heavy (non-hydrogen) atoms. The van der Waals surface area contributed by atoms with E-state index in [1.807, 2.05) is 46.5 Å². The molecule has 0 N–H and O–H groups in total. The van der Waals surface area contributed by atoms with E-state index in [4.69, 9.17) is 4.74 Å². The molecule has 5 heteroatoms. The number of amides is 1. The minimum Gasteiger partial charge on any atom is -0.448 e. The molecule has 0 aliphatic heterocycles. The molecule has 0 unspecified atom stereocenters. The SMILES string of the molecule is CCOC(=O)N=c1sccn1-c1ccccc1. The fourth-order valence-electron chi connectivity index (χ4n) is 1.37. The van der Waals surface area contributed by atoms with Gasteiger partial charge in [-0.15, -0.1) is 16.3 Å². The Morgan fingerprint density at radius 2 is 2.18 bits per heavy atom. The summed E-state index contributed by atoms with van der Waals surface area (Å²) in [6.07, 6.45) is 1.32. The van der Waals surface area contributed by atoms with Crippen molar-refractivity contribution in [3.8, 4) is 5.69 Å². The van der Waals surface area contributed by atoms with Gasteiger partial charge >= 0.3 is 6.09 Å². The van der Waals surface area contributed by atoms with Gasteiger partial charge in [-0.25, -0.2) is 4.79 Å². The third-order valence-corrected chi connectivity index (χ3v) is 2.84. The number of ether oxygens (including phenoxy) is 1. The summed E-state index contributed by atoms with van der Waals surface area (Å²) in [5, 5.41) is 1.88. The van der Waals surface area contributed by atoms with Crippen LogP contribution in [-0.4, -0.2) is 17.3 Å². The first-order valence-electron chi connectivity index (χ1n) is 5.24. The monoisotopic (exact) mass is 248 g/mol. The predicted octanol–water partition coefficient (Wildman–Crippen LogP) is 2.60. The van der Waals surface area contributed by atoms with Gasteiger partial charge in [0, 0.05) is 17.3 Å². The second kappa shape index (κ2) is 5.45. The molecule has 1 aromatic carbocycles. The van der Waals surface area contributed by atoms with E-state index in [1.165, 1.54) is 11.3 Å². The number of para-hydroxylation sites is 1. The van der Waals surface area contributed by atoms with Crippen molar-refractivity contribution in [2.75, 3.05) is 6.61 Å². The van der Waals surface area contributed by atoms with E-state index in [1.54, 1.807) is 6.92 Å². The van der Waals surface area contributed by atoms with Crippen LogP contribution in [0.25, 0.3) is 5.69 Å². The highest BCUT2D eigenvalue weighted by atomic mass is 32.1. The molecule has 1 heterocycles. The molecule has 0 bridgehead atoms. The Balaban J connectivity index is 2.39. The van der Waals surface area contributed by atoms with Crippen molar-refractivity contribution in [2.24, 2.45) is 4.99 Å². The Hall–Kier alpha value is -1.88. The lowest BCUT2D eigenvalue weighted by atomic mass is 10.3. The summed E-state index contributed by atoms with van der Waals surface area (Å²) in [4.78, 5) is 15.8. The largest absolute Gasteiger partial charge is 0.448 e. The summed E-state index contributed by atoms with van der Waals surface area (Å²) in [5.74, 6) is 0. The van der Waals surface area contributed by atoms with E-state index < -0.39 is 6.09 Å². The summed E-state index contributed by atoms with van der Waals surface area (Å²) in [6, 6.07) is 9.73. The van der Waals surface area contributed by atoms with Gasteiger partial charge in [-0.3, -0.25) is 4.57 Å². The quantitative estimate of drug-likeness (QED) is 0.820. The van der Waals surface area contributed by atoms with Gasteiger partial charge in [-0.05, 0) is 19.1 Å². The first kappa shape index (κ1) is 11.6. The topological polar surface area (TPSA) is 43.6 Å². The van der Waals surface area contributed by atoms with Gasteiger partial charge in [0.05, 0.1) is 6.61 Å². The second-order valence-corrected chi connectivity index (χ2v) is 4.07. The normalized spacial score (nSPS) is 11.5. The lowest BCUT2D eigenvalue weighted by molar-refractivity contribution is 0.162. The van der Waals surface area contributed by atoms with Crippen molar-refractivity contribution in [3.05, 3.63) is 46.7 Å². The minimum atomic E-state index is -0.556. The molecule has 88 valence electrons. The molecule has 0 saturated heterocycles. The molecule has 2 rings (SSSR count). The molecule has 1 aromatic heterocycles. The Labute approximate surface area is 103 Å². The number of aromatic nitrogens is 1. The van der Waals surface area contributed by atoms with Crippen molar-refractivity contribution in [1.82, 2.24) is 4.57 Å². The Morgan fingerprint density at radius 1 is 1.41 bits per heavy atom. The van der Waals surface area contributed by atoms with Crippen molar-refractivity contribution in [1.29, 1.82) is 0 Å². The fourth-order valence-corrected chi connectivity index (χ4v) is 2.08. The van der Waals surface area contributed by atoms with Crippen LogP contribution in [0.15, 0.2) is 46.9 Å². The van der Waals surface area contributed by atoms with Crippen LogP contribution in [0.1, 0.15) is 6.92 Å². The Kier molecular flexibility index (Phi) is 3.72. The highest BCUT2D eigenvalue weighted by Gasteiger charge is 2.01. The number of benzene rings is 1. The van der Waals surface area contributed by atoms with Crippen LogP contribution in [0.3, 0.4) is 0 Å². The zero-order valence-corrected chi connectivity index (χ0v) is 10.2. The van der Waals surface area contributed by atoms with E-state index in [0.717, 1.165) is 5.69 Å². The molecule has 1 amide bonds. The van der Waals surface area contributed by atoms with Crippen LogP contribution in [0.2, 0.25) is 0 Å². The lowest BCUT2D eigenvalue weighted by Crippen LogP contribution is -2.14. The minimum absolute atomic E-state index is 0.332. The number of thiazole rings is 1. The zero-order chi connectivity index (χ0) is 12.1. The fraction of sp³-hybridized carbons (Fsp3) is 0.167. The molecule has 0 aliphatic rings. The number of rotatable bonds is 2. The van der Waals surface area contributed by atoms with Gasteiger partial charge in [-0.2, -0.15) is 0 Å². The van der Waals surface area contributed by atoms with Gasteiger partial charge in [0.1, 0.15) is 0 Å². The van der Waals surface area contributed by atoms with Crippen LogP contribution in [0.5, 0.6) is 0 Å². The first-order chi connectivity index (χ1) is 8.31. The van der Waals surface area contributed by atoms with Gasteiger partial charge in [0.15, 0.2) is 0 Å². The zero-order valence-electron chi connectivity index (χ0n) is 9.37. The molecule has 0 spiro atoms. The number of carbonyl (C=O) groups is 1. The summed E-state index contributed by atoms with van der Waals surface area (Å²) in [6.45, 7) is 2.09. The first-order valence-corrected chi connectivity index (χ1v) is 6.12. The third-order valence-electron chi connectivity index (χ3n) is 2.08. The number of hydrogen-bond donors (Lipinski definition) is 0. The van der Waals surface area contributed by atoms with Crippen LogP contribution in [-0.2, 0) is 4.74 Å². The van der Waals surface area contributed by atoms with E-state index in [9.17, 15) is 4.79 Å². The predicted molar refractivity (Wildman–Crippen MR) is 66.2 cm³/mol. The Bertz CT molecular complexity index is 557. The van der Waals surface area contributed by atoms with Gasteiger partial charge in [0.25, 0.3) is 0 Å². The molecular weight excluding hydrogens is 236 g/mol. The molecule has 0 fully saturated rings. The second-order valence-electron chi connectivity index (χ2n) is 3.20. The van der Waals surface area contributed by atoms with Crippen molar-refractivity contribution < 1.29 is 9.53 Å². The van der Waals surface area contributed by atoms with Crippen molar-refractivity contribution >= 4 is 17.4 Å². The summed E-state index contributed by atoms with van der Waals surface area (Å²) < 4.78 is 6.64. The molecule has 0 saturated carbocycles. The third kappa shape index (κ3) is 2.82. The summed E-state index contributed by atoms with van der Waals surface area (Å²) in [5.41, 5.74) is 0.969. The van der Waals surface area contributed by atoms with Gasteiger partial charge < -0.3 is 4.74 Å². The molecule has 0 radical (unpaired) electrons. The van der Waals surface area contributed by atoms with E-state index in [-0.39, 0.29) is 0 Å². The smallest absolute Gasteiger partial charge is 0.436 e. The maximum absolute atomic E-state index is 11.3. The van der Waals surface area contributed by atoms with Gasteiger partial charge in [-0.1, -0.05) is 18.2 Å². The number of carbonyl (C=O) groups excluding carboxylic acids is 1. The summed E-state index contributed by atoms with van der Waals surface area (Å²) in [7, 11) is 0. The van der Waals surface area contributed by atoms with Crippen LogP contribution >= 0.6 is 11.3 Å². The van der Waals surface area contributed by atoms with Crippen molar-refractivity contribution in [2.45, 2.75) is 6.92 Å². The highest BCUT2D eigenvalue weighted by Crippen LogP contribution is 2.05. The maximum Gasteiger partial charge on any atom is 0.436 e. The average Bonchev–Trinajstić information content (AvgIpc) is 2.78. The van der Waals surface area contributed by atoms with Crippen molar-refractivity contribution in [3.63, 3.8) is 0 Å². The maximum atomic E-state index is 11.3. The van der Waals surface area contributed by atoms with Crippen LogP contribution in [0, 0.1) is 0 Å². The van der Waals surface area contributed by atoms with Gasteiger partial charge in [0.2, 0.25) is 4.80 Å². The number of nitrogens with zero attached hydrogens (tertiary/aromatic N) is 2.